The second kappa shape index (κ2) is 6.76. The highest BCUT2D eigenvalue weighted by molar-refractivity contribution is 9.10. The van der Waals surface area contributed by atoms with Gasteiger partial charge in [0.05, 0.1) is 11.6 Å². The summed E-state index contributed by atoms with van der Waals surface area (Å²) in [5, 5.41) is 5.17. The number of halogens is 1. The lowest BCUT2D eigenvalue weighted by Gasteiger charge is -2.20. The summed E-state index contributed by atoms with van der Waals surface area (Å²) >= 11 is 3.20. The Bertz CT molecular complexity index is 644. The monoisotopic (exact) mass is 378 g/mol. The molecule has 0 radical (unpaired) electrons. The lowest BCUT2D eigenvalue weighted by molar-refractivity contribution is 0.0779. The van der Waals surface area contributed by atoms with Crippen molar-refractivity contribution < 1.29 is 17.9 Å². The van der Waals surface area contributed by atoms with Crippen LogP contribution in [0.1, 0.15) is 24.2 Å². The van der Waals surface area contributed by atoms with Crippen molar-refractivity contribution in [1.29, 1.82) is 0 Å². The van der Waals surface area contributed by atoms with Crippen LogP contribution in [0.25, 0.3) is 0 Å². The van der Waals surface area contributed by atoms with Gasteiger partial charge in [0.25, 0.3) is 5.91 Å². The van der Waals surface area contributed by atoms with Gasteiger partial charge in [-0.05, 0) is 34.0 Å². The van der Waals surface area contributed by atoms with Crippen LogP contribution in [0.3, 0.4) is 0 Å². The maximum atomic E-state index is 12.3. The molecule has 0 aromatic heterocycles. The third-order valence-electron chi connectivity index (χ3n) is 2.75. The second-order valence-electron chi connectivity index (χ2n) is 5.11. The van der Waals surface area contributed by atoms with Crippen molar-refractivity contribution >= 4 is 31.9 Å². The van der Waals surface area contributed by atoms with Gasteiger partial charge in [-0.2, -0.15) is 0 Å². The van der Waals surface area contributed by atoms with Gasteiger partial charge in [0.1, 0.15) is 4.90 Å². The summed E-state index contributed by atoms with van der Waals surface area (Å²) in [6.45, 7) is 4.54. The van der Waals surface area contributed by atoms with Crippen LogP contribution in [-0.4, -0.2) is 39.9 Å². The molecule has 1 aromatic rings. The van der Waals surface area contributed by atoms with E-state index in [1.54, 1.807) is 7.05 Å². The van der Waals surface area contributed by atoms with Gasteiger partial charge in [0.2, 0.25) is 10.0 Å². The van der Waals surface area contributed by atoms with Crippen LogP contribution in [0.15, 0.2) is 21.5 Å². The fraction of sp³-hybridized carbons (Fsp3) is 0.462. The van der Waals surface area contributed by atoms with Crippen LogP contribution in [0, 0.1) is 5.92 Å². The third-order valence-corrected chi connectivity index (χ3v) is 4.26. The van der Waals surface area contributed by atoms with E-state index in [1.807, 2.05) is 13.8 Å². The van der Waals surface area contributed by atoms with Crippen molar-refractivity contribution in [2.24, 2.45) is 11.1 Å². The van der Waals surface area contributed by atoms with Crippen molar-refractivity contribution in [2.45, 2.75) is 18.7 Å². The molecule has 118 valence electrons. The Kier molecular flexibility index (Phi) is 5.77. The number of ether oxygens (including phenoxy) is 1. The molecule has 0 saturated heterocycles. The molecule has 0 saturated carbocycles. The zero-order valence-electron chi connectivity index (χ0n) is 12.4. The molecule has 0 heterocycles. The Labute approximate surface area is 133 Å². The van der Waals surface area contributed by atoms with E-state index < -0.39 is 10.0 Å². The zero-order valence-corrected chi connectivity index (χ0v) is 14.8. The normalized spacial score (nSPS) is 11.6. The number of carbonyl (C=O) groups is 1. The van der Waals surface area contributed by atoms with Crippen LogP contribution in [-0.2, 0) is 10.0 Å². The number of sulfonamides is 1. The summed E-state index contributed by atoms with van der Waals surface area (Å²) in [6.07, 6.45) is 0. The molecular formula is C13H19BrN2O4S. The molecule has 8 heteroatoms. The molecular weight excluding hydrogens is 360 g/mol. The smallest absolute Gasteiger partial charge is 0.253 e. The number of amides is 1. The first-order valence-electron chi connectivity index (χ1n) is 6.23. The van der Waals surface area contributed by atoms with Gasteiger partial charge >= 0.3 is 0 Å². The van der Waals surface area contributed by atoms with Crippen molar-refractivity contribution in [1.82, 2.24) is 4.90 Å². The number of primary sulfonamides is 1. The predicted molar refractivity (Wildman–Crippen MR) is 83.9 cm³/mol. The number of nitrogens with zero attached hydrogens (tertiary/aromatic N) is 1. The first-order valence-corrected chi connectivity index (χ1v) is 8.57. The van der Waals surface area contributed by atoms with Gasteiger partial charge in [0.15, 0.2) is 5.75 Å². The summed E-state index contributed by atoms with van der Waals surface area (Å²) in [6, 6.07) is 2.75. The Balaban J connectivity index is 3.34. The molecule has 2 N–H and O–H groups in total. The Morgan fingerprint density at radius 3 is 2.43 bits per heavy atom. The van der Waals surface area contributed by atoms with Crippen LogP contribution >= 0.6 is 15.9 Å². The average Bonchev–Trinajstić information content (AvgIpc) is 2.34. The van der Waals surface area contributed by atoms with E-state index in [4.69, 9.17) is 9.88 Å². The van der Waals surface area contributed by atoms with Crippen LogP contribution < -0.4 is 9.88 Å². The molecule has 6 nitrogen and oxygen atoms in total. The fourth-order valence-corrected chi connectivity index (χ4v) is 3.45. The van der Waals surface area contributed by atoms with Crippen LogP contribution in [0.5, 0.6) is 5.75 Å². The first kappa shape index (κ1) is 17.9. The predicted octanol–water partition coefficient (Wildman–Crippen LogP) is 1.83. The van der Waals surface area contributed by atoms with Gasteiger partial charge in [0, 0.05) is 19.2 Å². The Hall–Kier alpha value is -1.12. The Morgan fingerprint density at radius 2 is 2.00 bits per heavy atom. The third kappa shape index (κ3) is 4.42. The molecule has 0 aliphatic heterocycles. The summed E-state index contributed by atoms with van der Waals surface area (Å²) in [5.41, 5.74) is 0.231. The molecule has 1 rings (SSSR count). The summed E-state index contributed by atoms with van der Waals surface area (Å²) in [4.78, 5) is 13.7. The number of carbonyl (C=O) groups excluding carboxylic acids is 1. The number of methoxy groups -OCH3 is 1. The van der Waals surface area contributed by atoms with Crippen molar-refractivity contribution in [2.75, 3.05) is 20.7 Å². The molecule has 0 aliphatic carbocycles. The Morgan fingerprint density at radius 1 is 1.43 bits per heavy atom. The highest BCUT2D eigenvalue weighted by atomic mass is 79.9. The average molecular weight is 379 g/mol. The first-order chi connectivity index (χ1) is 9.57. The lowest BCUT2D eigenvalue weighted by Crippen LogP contribution is -2.30. The van der Waals surface area contributed by atoms with Gasteiger partial charge in [-0.25, -0.2) is 13.6 Å². The standard InChI is InChI=1S/C13H19BrN2O4S/c1-8(2)7-16(3)13(17)9-5-10(14)12(20-4)11(6-9)21(15,18)19/h5-6,8H,7H2,1-4H3,(H2,15,18,19). The molecule has 0 aliphatic rings. The van der Waals surface area contributed by atoms with E-state index in [2.05, 4.69) is 15.9 Å². The molecule has 0 bridgehead atoms. The van der Waals surface area contributed by atoms with E-state index in [-0.39, 0.29) is 22.1 Å². The van der Waals surface area contributed by atoms with Gasteiger partial charge < -0.3 is 9.64 Å². The highest BCUT2D eigenvalue weighted by Crippen LogP contribution is 2.33. The maximum Gasteiger partial charge on any atom is 0.253 e. The van der Waals surface area contributed by atoms with E-state index in [0.29, 0.717) is 16.9 Å². The van der Waals surface area contributed by atoms with Crippen LogP contribution in [0.2, 0.25) is 0 Å². The van der Waals surface area contributed by atoms with Gasteiger partial charge in [-0.1, -0.05) is 13.8 Å². The number of benzene rings is 1. The summed E-state index contributed by atoms with van der Waals surface area (Å²) in [7, 11) is -1.00. The minimum absolute atomic E-state index is 0.0839. The second-order valence-corrected chi connectivity index (χ2v) is 7.50. The van der Waals surface area contributed by atoms with Crippen molar-refractivity contribution in [3.63, 3.8) is 0 Å². The summed E-state index contributed by atoms with van der Waals surface area (Å²) < 4.78 is 28.7. The highest BCUT2D eigenvalue weighted by Gasteiger charge is 2.22. The lowest BCUT2D eigenvalue weighted by atomic mass is 10.1. The van der Waals surface area contributed by atoms with Crippen molar-refractivity contribution in [3.05, 3.63) is 22.2 Å². The molecule has 0 atom stereocenters. The molecule has 0 spiro atoms. The summed E-state index contributed by atoms with van der Waals surface area (Å²) in [5.74, 6) is 0.107. The van der Waals surface area contributed by atoms with E-state index in [9.17, 15) is 13.2 Å². The SMILES string of the molecule is COc1c(Br)cc(C(=O)N(C)CC(C)C)cc1S(N)(=O)=O. The minimum atomic E-state index is -4.00. The van der Waals surface area contributed by atoms with E-state index >= 15 is 0 Å². The maximum absolute atomic E-state index is 12.3. The number of hydrogen-bond donors (Lipinski definition) is 1. The van der Waals surface area contributed by atoms with Crippen molar-refractivity contribution in [3.8, 4) is 5.75 Å². The molecule has 1 aromatic carbocycles. The van der Waals surface area contributed by atoms with E-state index in [1.165, 1.54) is 24.1 Å². The topological polar surface area (TPSA) is 89.7 Å². The number of hydrogen-bond acceptors (Lipinski definition) is 4. The van der Waals surface area contributed by atoms with E-state index in [0.717, 1.165) is 0 Å². The molecule has 0 unspecified atom stereocenters. The van der Waals surface area contributed by atoms with Crippen LogP contribution in [0.4, 0.5) is 0 Å². The zero-order chi connectivity index (χ0) is 16.4. The quantitative estimate of drug-likeness (QED) is 0.845. The van der Waals surface area contributed by atoms with Gasteiger partial charge in [-0.15, -0.1) is 0 Å². The largest absolute Gasteiger partial charge is 0.494 e. The molecule has 0 fully saturated rings. The fourth-order valence-electron chi connectivity index (χ4n) is 1.95. The van der Waals surface area contributed by atoms with Gasteiger partial charge in [-0.3, -0.25) is 4.79 Å². The molecule has 1 amide bonds. The molecule has 21 heavy (non-hydrogen) atoms. The minimum Gasteiger partial charge on any atom is -0.494 e. The number of nitrogens with two attached hydrogens (primary N) is 1. The number of rotatable bonds is 5.